The maximum Gasteiger partial charge on any atom is 0.430 e. The van der Waals surface area contributed by atoms with Crippen LogP contribution in [0.4, 0.5) is 26.3 Å². The van der Waals surface area contributed by atoms with Gasteiger partial charge in [-0.15, -0.1) is 0 Å². The zero-order valence-corrected chi connectivity index (χ0v) is 23.7. The minimum atomic E-state index is -5.85. The summed E-state index contributed by atoms with van der Waals surface area (Å²) >= 11 is 0. The van der Waals surface area contributed by atoms with Crippen LogP contribution in [0, 0.1) is 6.92 Å². The highest BCUT2D eigenvalue weighted by atomic mass is 32.2. The molecule has 0 aliphatic heterocycles. The fourth-order valence-corrected chi connectivity index (χ4v) is 4.93. The number of benzene rings is 2. The van der Waals surface area contributed by atoms with Gasteiger partial charge in [0.2, 0.25) is 5.88 Å². The number of halogens is 6. The smallest absolute Gasteiger partial charge is 0.430 e. The fraction of sp³-hybridized carbons (Fsp3) is 0.393. The van der Waals surface area contributed by atoms with Crippen molar-refractivity contribution in [3.8, 4) is 11.6 Å². The fourth-order valence-electron chi connectivity index (χ4n) is 4.02. The second kappa shape index (κ2) is 13.4. The predicted molar refractivity (Wildman–Crippen MR) is 140 cm³/mol. The van der Waals surface area contributed by atoms with Crippen LogP contribution in [0.1, 0.15) is 35.6 Å². The van der Waals surface area contributed by atoms with Crippen LogP contribution in [-0.2, 0) is 42.2 Å². The lowest BCUT2D eigenvalue weighted by Gasteiger charge is -2.37. The third-order valence-corrected chi connectivity index (χ3v) is 7.46. The maximum atomic E-state index is 14.0. The average molecular weight is 622 g/mol. The average Bonchev–Trinajstić information content (AvgIpc) is 2.90. The molecule has 3 aromatic rings. The van der Waals surface area contributed by atoms with Gasteiger partial charge < -0.3 is 14.2 Å². The van der Waals surface area contributed by atoms with Crippen LogP contribution in [0.15, 0.2) is 65.7 Å². The third-order valence-electron chi connectivity index (χ3n) is 6.13. The molecule has 0 aliphatic rings. The molecule has 230 valence electrons. The second-order valence-electron chi connectivity index (χ2n) is 9.25. The summed E-state index contributed by atoms with van der Waals surface area (Å²) in [6.45, 7) is 2.11. The number of hydrogen-bond donors (Lipinski definition) is 0. The van der Waals surface area contributed by atoms with Crippen LogP contribution in [0.2, 0.25) is 0 Å². The van der Waals surface area contributed by atoms with E-state index in [1.807, 2.05) is 6.92 Å². The van der Waals surface area contributed by atoms with Crippen LogP contribution in [0.3, 0.4) is 0 Å². The standard InChI is InChI=1S/C28H29F6NO6S/c1-4-5-21-16-22(26(27(29,30)31,28(32,33)34)39-18-38-3)9-12-24(21)41-25-13-8-20(17-35-25)14-15-40-42(36,37)23-10-6-19(2)7-11-23/h6-13,16-17H,4-5,14-15,18H2,1-3H3. The molecular weight excluding hydrogens is 592 g/mol. The van der Waals surface area contributed by atoms with Gasteiger partial charge in [-0.25, -0.2) is 4.98 Å². The van der Waals surface area contributed by atoms with E-state index in [1.165, 1.54) is 24.4 Å². The summed E-state index contributed by atoms with van der Waals surface area (Å²) in [6, 6.07) is 11.6. The number of ether oxygens (including phenoxy) is 3. The molecule has 42 heavy (non-hydrogen) atoms. The number of pyridine rings is 1. The minimum absolute atomic E-state index is 0.0124. The Morgan fingerprint density at radius 2 is 1.55 bits per heavy atom. The SMILES string of the molecule is CCCc1cc(C(OCOC)(C(F)(F)F)C(F)(F)F)ccc1Oc1ccc(CCOS(=O)(=O)c2ccc(C)cc2)cn1. The van der Waals surface area contributed by atoms with Gasteiger partial charge in [-0.3, -0.25) is 4.18 Å². The quantitative estimate of drug-likeness (QED) is 0.115. The second-order valence-corrected chi connectivity index (χ2v) is 10.9. The summed E-state index contributed by atoms with van der Waals surface area (Å²) in [4.78, 5) is 4.14. The van der Waals surface area contributed by atoms with E-state index in [0.29, 0.717) is 18.1 Å². The number of rotatable bonds is 13. The van der Waals surface area contributed by atoms with Gasteiger partial charge >= 0.3 is 12.4 Å². The van der Waals surface area contributed by atoms with E-state index in [4.69, 9.17) is 8.92 Å². The zero-order valence-electron chi connectivity index (χ0n) is 22.9. The van der Waals surface area contributed by atoms with Crippen LogP contribution in [0.5, 0.6) is 11.6 Å². The van der Waals surface area contributed by atoms with Gasteiger partial charge in [0.1, 0.15) is 12.5 Å². The number of aryl methyl sites for hydroxylation is 2. The Balaban J connectivity index is 1.78. The Hall–Kier alpha value is -3.20. The lowest BCUT2D eigenvalue weighted by Crippen LogP contribution is -2.56. The summed E-state index contributed by atoms with van der Waals surface area (Å²) in [5, 5.41) is 0. The highest BCUT2D eigenvalue weighted by Gasteiger charge is 2.73. The van der Waals surface area contributed by atoms with Crippen molar-refractivity contribution >= 4 is 10.1 Å². The molecule has 0 saturated carbocycles. The molecule has 0 radical (unpaired) electrons. The van der Waals surface area contributed by atoms with Crippen molar-refractivity contribution in [3.05, 3.63) is 83.0 Å². The number of nitrogens with zero attached hydrogens (tertiary/aromatic N) is 1. The summed E-state index contributed by atoms with van der Waals surface area (Å²) in [6.07, 6.45) is -9.63. The van der Waals surface area contributed by atoms with E-state index >= 15 is 0 Å². The van der Waals surface area contributed by atoms with Gasteiger partial charge in [0.05, 0.1) is 11.5 Å². The molecule has 0 bridgehead atoms. The molecule has 2 aromatic carbocycles. The van der Waals surface area contributed by atoms with E-state index in [-0.39, 0.29) is 41.5 Å². The summed E-state index contributed by atoms with van der Waals surface area (Å²) in [5.41, 5.74) is -4.21. The Morgan fingerprint density at radius 3 is 2.10 bits per heavy atom. The number of hydrogen-bond acceptors (Lipinski definition) is 7. The first-order valence-corrected chi connectivity index (χ1v) is 14.0. The maximum absolute atomic E-state index is 14.0. The Labute approximate surface area is 239 Å². The molecule has 0 aliphatic carbocycles. The van der Waals surface area contributed by atoms with Crippen LogP contribution in [-0.4, -0.2) is 46.3 Å². The van der Waals surface area contributed by atoms with Crippen molar-refractivity contribution in [2.24, 2.45) is 0 Å². The molecule has 0 amide bonds. The van der Waals surface area contributed by atoms with Gasteiger partial charge in [-0.1, -0.05) is 43.2 Å². The highest BCUT2D eigenvalue weighted by molar-refractivity contribution is 7.86. The Bertz CT molecular complexity index is 1410. The molecule has 0 fully saturated rings. The largest absolute Gasteiger partial charge is 0.439 e. The van der Waals surface area contributed by atoms with Crippen molar-refractivity contribution in [2.45, 2.75) is 56.0 Å². The molecule has 0 unspecified atom stereocenters. The number of alkyl halides is 6. The van der Waals surface area contributed by atoms with Crippen molar-refractivity contribution in [1.29, 1.82) is 0 Å². The van der Waals surface area contributed by atoms with E-state index in [2.05, 4.69) is 14.5 Å². The molecule has 0 spiro atoms. The van der Waals surface area contributed by atoms with Crippen molar-refractivity contribution in [1.82, 2.24) is 4.98 Å². The van der Waals surface area contributed by atoms with Gasteiger partial charge in [0, 0.05) is 24.9 Å². The molecule has 1 aromatic heterocycles. The minimum Gasteiger partial charge on any atom is -0.439 e. The highest BCUT2D eigenvalue weighted by Crippen LogP contribution is 2.53. The first-order valence-electron chi connectivity index (χ1n) is 12.6. The molecule has 0 saturated heterocycles. The van der Waals surface area contributed by atoms with Crippen LogP contribution < -0.4 is 4.74 Å². The van der Waals surface area contributed by atoms with Crippen molar-refractivity contribution < 1.29 is 53.2 Å². The third kappa shape index (κ3) is 7.60. The Morgan fingerprint density at radius 1 is 0.881 bits per heavy atom. The van der Waals surface area contributed by atoms with Gasteiger partial charge in [0.15, 0.2) is 0 Å². The molecule has 14 heteroatoms. The van der Waals surface area contributed by atoms with Gasteiger partial charge in [0.25, 0.3) is 15.7 Å². The van der Waals surface area contributed by atoms with Crippen LogP contribution >= 0.6 is 0 Å². The van der Waals surface area contributed by atoms with E-state index < -0.39 is 40.4 Å². The molecule has 1 heterocycles. The lowest BCUT2D eigenvalue weighted by molar-refractivity contribution is -0.400. The molecule has 0 atom stereocenters. The predicted octanol–water partition coefficient (Wildman–Crippen LogP) is 7.02. The summed E-state index contributed by atoms with van der Waals surface area (Å²) in [7, 11) is -3.03. The van der Waals surface area contributed by atoms with E-state index in [9.17, 15) is 34.8 Å². The number of methoxy groups -OCH3 is 1. The topological polar surface area (TPSA) is 84.0 Å². The molecular formula is C28H29F6NO6S. The zero-order chi connectivity index (χ0) is 31.2. The van der Waals surface area contributed by atoms with Crippen molar-refractivity contribution in [2.75, 3.05) is 20.5 Å². The van der Waals surface area contributed by atoms with Crippen LogP contribution in [0.25, 0.3) is 0 Å². The van der Waals surface area contributed by atoms with E-state index in [0.717, 1.165) is 24.8 Å². The monoisotopic (exact) mass is 621 g/mol. The van der Waals surface area contributed by atoms with E-state index in [1.54, 1.807) is 25.1 Å². The summed E-state index contributed by atoms with van der Waals surface area (Å²) < 4.78 is 128. The Kier molecular flexibility index (Phi) is 10.6. The van der Waals surface area contributed by atoms with Gasteiger partial charge in [-0.05, 0) is 55.2 Å². The number of aromatic nitrogens is 1. The first kappa shape index (κ1) is 33.3. The normalized spacial score (nSPS) is 12.9. The van der Waals surface area contributed by atoms with Gasteiger partial charge in [-0.2, -0.15) is 34.8 Å². The molecule has 7 nitrogen and oxygen atoms in total. The molecule has 0 N–H and O–H groups in total. The lowest BCUT2D eigenvalue weighted by atomic mass is 9.89. The first-order chi connectivity index (χ1) is 19.6. The van der Waals surface area contributed by atoms with Crippen molar-refractivity contribution in [3.63, 3.8) is 0 Å². The molecule has 3 rings (SSSR count). The summed E-state index contributed by atoms with van der Waals surface area (Å²) in [5.74, 6) is 0.0314.